The van der Waals surface area contributed by atoms with Crippen LogP contribution in [0.1, 0.15) is 17.3 Å². The molecule has 2 aliphatic rings. The molecule has 2 N–H and O–H groups in total. The van der Waals surface area contributed by atoms with E-state index in [1.165, 1.54) is 6.92 Å². The van der Waals surface area contributed by atoms with Gasteiger partial charge in [-0.05, 0) is 18.2 Å². The summed E-state index contributed by atoms with van der Waals surface area (Å²) in [5, 5.41) is 11.9. The van der Waals surface area contributed by atoms with Crippen molar-refractivity contribution in [3.8, 4) is 5.69 Å². The SMILES string of the molecule is CC(=O)NC1C2CN(c3nc4c(cc3F)c(=O)c(C(=O)O)cn4-c3ccc(F)cc3F)CC21. The molecule has 2 atom stereocenters. The Morgan fingerprint density at radius 3 is 2.42 bits per heavy atom. The number of carbonyl (C=O) groups is 2. The third kappa shape index (κ3) is 3.40. The molecular weight excluding hydrogens is 441 g/mol. The summed E-state index contributed by atoms with van der Waals surface area (Å²) in [4.78, 5) is 41.5. The Bertz CT molecular complexity index is 1390. The van der Waals surface area contributed by atoms with Crippen LogP contribution in [-0.2, 0) is 4.79 Å². The summed E-state index contributed by atoms with van der Waals surface area (Å²) in [7, 11) is 0. The highest BCUT2D eigenvalue weighted by Crippen LogP contribution is 2.47. The van der Waals surface area contributed by atoms with Gasteiger partial charge in [0.1, 0.15) is 17.2 Å². The van der Waals surface area contributed by atoms with Crippen LogP contribution in [0.5, 0.6) is 0 Å². The van der Waals surface area contributed by atoms with E-state index in [-0.39, 0.29) is 46.3 Å². The number of piperidine rings is 1. The summed E-state index contributed by atoms with van der Waals surface area (Å²) in [6, 6.07) is 3.57. The van der Waals surface area contributed by atoms with E-state index in [2.05, 4.69) is 10.3 Å². The number of carboxylic acids is 1. The normalized spacial score (nSPS) is 21.2. The van der Waals surface area contributed by atoms with Crippen LogP contribution in [0.3, 0.4) is 0 Å². The van der Waals surface area contributed by atoms with Gasteiger partial charge in [-0.15, -0.1) is 0 Å². The van der Waals surface area contributed by atoms with E-state index in [1.54, 1.807) is 4.90 Å². The van der Waals surface area contributed by atoms with Gasteiger partial charge >= 0.3 is 5.97 Å². The molecule has 170 valence electrons. The zero-order valence-electron chi connectivity index (χ0n) is 17.2. The van der Waals surface area contributed by atoms with Gasteiger partial charge in [0.05, 0.1) is 11.1 Å². The molecule has 2 fully saturated rings. The molecular formula is C22H17F3N4O4. The number of carboxylic acid groups (broad SMARTS) is 1. The van der Waals surface area contributed by atoms with E-state index in [4.69, 9.17) is 0 Å². The van der Waals surface area contributed by atoms with Gasteiger partial charge in [-0.1, -0.05) is 0 Å². The monoisotopic (exact) mass is 458 g/mol. The first kappa shape index (κ1) is 21.0. The van der Waals surface area contributed by atoms with Crippen LogP contribution >= 0.6 is 0 Å². The van der Waals surface area contributed by atoms with Gasteiger partial charge < -0.3 is 15.3 Å². The highest BCUT2D eigenvalue weighted by Gasteiger charge is 2.56. The van der Waals surface area contributed by atoms with Crippen molar-refractivity contribution < 1.29 is 27.9 Å². The number of halogens is 3. The van der Waals surface area contributed by atoms with E-state index in [1.807, 2.05) is 0 Å². The van der Waals surface area contributed by atoms with Gasteiger partial charge in [-0.3, -0.25) is 14.2 Å². The summed E-state index contributed by atoms with van der Waals surface area (Å²) in [5.41, 5.74) is -2.08. The van der Waals surface area contributed by atoms with Crippen LogP contribution in [0, 0.1) is 29.3 Å². The van der Waals surface area contributed by atoms with Gasteiger partial charge in [0.2, 0.25) is 11.3 Å². The number of pyridine rings is 2. The summed E-state index contributed by atoms with van der Waals surface area (Å²) < 4.78 is 44.0. The molecule has 3 heterocycles. The first-order valence-corrected chi connectivity index (χ1v) is 10.1. The van der Waals surface area contributed by atoms with Crippen LogP contribution in [0.25, 0.3) is 16.7 Å². The van der Waals surface area contributed by atoms with E-state index in [9.17, 15) is 28.3 Å². The quantitative estimate of drug-likeness (QED) is 0.621. The fraction of sp³-hybridized carbons (Fsp3) is 0.273. The molecule has 0 spiro atoms. The smallest absolute Gasteiger partial charge is 0.341 e. The topological polar surface area (TPSA) is 105 Å². The molecule has 0 radical (unpaired) electrons. The molecule has 5 rings (SSSR count). The van der Waals surface area contributed by atoms with Crippen LogP contribution in [0.4, 0.5) is 19.0 Å². The number of rotatable bonds is 4. The molecule has 1 saturated carbocycles. The van der Waals surface area contributed by atoms with Gasteiger partial charge in [-0.25, -0.2) is 22.9 Å². The summed E-state index contributed by atoms with van der Waals surface area (Å²) in [6.07, 6.45) is 0.895. The largest absolute Gasteiger partial charge is 0.477 e. The Hall–Kier alpha value is -3.89. The molecule has 3 aromatic rings. The Kier molecular flexibility index (Phi) is 4.66. The minimum atomic E-state index is -1.58. The fourth-order valence-electron chi connectivity index (χ4n) is 4.60. The minimum Gasteiger partial charge on any atom is -0.477 e. The Labute approximate surface area is 184 Å². The maximum Gasteiger partial charge on any atom is 0.341 e. The molecule has 1 aliphatic heterocycles. The lowest BCUT2D eigenvalue weighted by Crippen LogP contribution is -2.34. The number of amides is 1. The molecule has 1 saturated heterocycles. The lowest BCUT2D eigenvalue weighted by molar-refractivity contribution is -0.119. The lowest BCUT2D eigenvalue weighted by atomic mass is 10.1. The Morgan fingerprint density at radius 2 is 1.82 bits per heavy atom. The molecule has 1 aromatic carbocycles. The Morgan fingerprint density at radius 1 is 1.12 bits per heavy atom. The first-order chi connectivity index (χ1) is 15.7. The second kappa shape index (κ2) is 7.32. The molecule has 2 unspecified atom stereocenters. The average Bonchev–Trinajstić information content (AvgIpc) is 3.16. The molecule has 1 amide bonds. The standard InChI is InChI=1S/C22H17F3N4O4/c1-9(30)26-18-12-6-28(7-13(12)18)21-16(25)5-11-19(31)14(22(32)33)8-29(20(11)27-21)17-3-2-10(23)4-15(17)24/h2-5,8,12-13,18H,6-7H2,1H3,(H,26,30)(H,32,33). The Balaban J connectivity index is 1.64. The molecule has 8 nitrogen and oxygen atoms in total. The number of aromatic nitrogens is 2. The number of nitrogens with zero attached hydrogens (tertiary/aromatic N) is 3. The highest BCUT2D eigenvalue weighted by atomic mass is 19.1. The summed E-state index contributed by atoms with van der Waals surface area (Å²) in [6.45, 7) is 2.27. The van der Waals surface area contributed by atoms with Crippen molar-refractivity contribution in [2.75, 3.05) is 18.0 Å². The van der Waals surface area contributed by atoms with E-state index in [0.717, 1.165) is 29.0 Å². The van der Waals surface area contributed by atoms with E-state index in [0.29, 0.717) is 19.2 Å². The number of benzene rings is 1. The maximum atomic E-state index is 15.0. The number of aromatic carboxylic acids is 1. The maximum absolute atomic E-state index is 15.0. The van der Waals surface area contributed by atoms with Crippen LogP contribution < -0.4 is 15.6 Å². The zero-order valence-corrected chi connectivity index (χ0v) is 17.2. The third-order valence-corrected chi connectivity index (χ3v) is 6.18. The van der Waals surface area contributed by atoms with Crippen molar-refractivity contribution >= 4 is 28.7 Å². The number of fused-ring (bicyclic) bond motifs is 2. The number of nitrogens with one attached hydrogen (secondary N) is 1. The third-order valence-electron chi connectivity index (χ3n) is 6.18. The second-order valence-corrected chi connectivity index (χ2v) is 8.27. The number of carbonyl (C=O) groups excluding carboxylic acids is 1. The van der Waals surface area contributed by atoms with Gasteiger partial charge in [0, 0.05) is 50.2 Å². The fourth-order valence-corrected chi connectivity index (χ4v) is 4.60. The number of anilines is 1. The first-order valence-electron chi connectivity index (χ1n) is 10.1. The average molecular weight is 458 g/mol. The summed E-state index contributed by atoms with van der Waals surface area (Å²) >= 11 is 0. The number of hydrogen-bond acceptors (Lipinski definition) is 5. The van der Waals surface area contributed by atoms with Crippen molar-refractivity contribution in [1.29, 1.82) is 0 Å². The van der Waals surface area contributed by atoms with Crippen LogP contribution in [0.15, 0.2) is 35.3 Å². The molecule has 0 bridgehead atoms. The van der Waals surface area contributed by atoms with Gasteiger partial charge in [0.15, 0.2) is 17.3 Å². The van der Waals surface area contributed by atoms with Crippen molar-refractivity contribution in [2.24, 2.45) is 11.8 Å². The van der Waals surface area contributed by atoms with Crippen LogP contribution in [-0.4, -0.2) is 45.7 Å². The molecule has 33 heavy (non-hydrogen) atoms. The summed E-state index contributed by atoms with van der Waals surface area (Å²) in [5.74, 6) is -4.20. The lowest BCUT2D eigenvalue weighted by Gasteiger charge is -2.23. The van der Waals surface area contributed by atoms with E-state index >= 15 is 4.39 Å². The van der Waals surface area contributed by atoms with Gasteiger partial charge in [-0.2, -0.15) is 0 Å². The predicted octanol–water partition coefficient (Wildman–Crippen LogP) is 2.07. The van der Waals surface area contributed by atoms with E-state index < -0.39 is 34.4 Å². The van der Waals surface area contributed by atoms with Crippen LogP contribution in [0.2, 0.25) is 0 Å². The second-order valence-electron chi connectivity index (χ2n) is 8.27. The van der Waals surface area contributed by atoms with Crippen molar-refractivity contribution in [3.63, 3.8) is 0 Å². The van der Waals surface area contributed by atoms with Crippen molar-refractivity contribution in [2.45, 2.75) is 13.0 Å². The van der Waals surface area contributed by atoms with Crippen molar-refractivity contribution in [1.82, 2.24) is 14.9 Å². The highest BCUT2D eigenvalue weighted by molar-refractivity contribution is 5.92. The molecule has 11 heteroatoms. The molecule has 1 aliphatic carbocycles. The zero-order chi connectivity index (χ0) is 23.6. The minimum absolute atomic E-state index is 0.0203. The molecule has 2 aromatic heterocycles. The number of hydrogen-bond donors (Lipinski definition) is 2. The predicted molar refractivity (Wildman–Crippen MR) is 111 cm³/mol. The van der Waals surface area contributed by atoms with Crippen molar-refractivity contribution in [3.05, 3.63) is 63.7 Å². The van der Waals surface area contributed by atoms with Gasteiger partial charge in [0.25, 0.3) is 0 Å².